The second kappa shape index (κ2) is 8.73. The van der Waals surface area contributed by atoms with Gasteiger partial charge in [-0.25, -0.2) is 0 Å². The molecule has 0 unspecified atom stereocenters. The molecule has 0 saturated heterocycles. The van der Waals surface area contributed by atoms with Crippen molar-refractivity contribution in [3.05, 3.63) is 65.9 Å². The van der Waals surface area contributed by atoms with Crippen LogP contribution in [0.1, 0.15) is 30.9 Å². The Morgan fingerprint density at radius 3 is 2.63 bits per heavy atom. The molecule has 0 aliphatic carbocycles. The van der Waals surface area contributed by atoms with Gasteiger partial charge < -0.3 is 20.4 Å². The molecule has 0 aliphatic rings. The molecule has 1 amide bonds. The molecule has 4 N–H and O–H groups in total. The maximum Gasteiger partial charge on any atom is 0.277 e. The number of carbonyl (C=O) groups excluding carboxylic acids is 1. The Labute approximate surface area is 160 Å². The van der Waals surface area contributed by atoms with Crippen LogP contribution in [0.15, 0.2) is 54.7 Å². The summed E-state index contributed by atoms with van der Waals surface area (Å²) in [6, 6.07) is 16.4. The van der Waals surface area contributed by atoms with E-state index in [1.807, 2.05) is 32.0 Å². The van der Waals surface area contributed by atoms with Crippen molar-refractivity contribution in [3.63, 3.8) is 0 Å². The number of aromatic amines is 1. The van der Waals surface area contributed by atoms with Crippen molar-refractivity contribution in [1.29, 1.82) is 0 Å². The molecular weight excluding hydrogens is 338 g/mol. The molecule has 3 rings (SSSR count). The summed E-state index contributed by atoms with van der Waals surface area (Å²) in [5.41, 5.74) is 3.58. The second-order valence-electron chi connectivity index (χ2n) is 6.77. The average Bonchev–Trinajstić information content (AvgIpc) is 3.12. The summed E-state index contributed by atoms with van der Waals surface area (Å²) in [4.78, 5) is 15.5. The lowest BCUT2D eigenvalue weighted by Crippen LogP contribution is -2.92. The molecule has 0 bridgehead atoms. The summed E-state index contributed by atoms with van der Waals surface area (Å²) in [7, 11) is 1.67. The van der Waals surface area contributed by atoms with Crippen LogP contribution in [0.2, 0.25) is 0 Å². The van der Waals surface area contributed by atoms with E-state index in [1.165, 1.54) is 16.5 Å². The van der Waals surface area contributed by atoms with E-state index in [2.05, 4.69) is 52.1 Å². The van der Waals surface area contributed by atoms with Gasteiger partial charge >= 0.3 is 0 Å². The molecule has 5 heteroatoms. The molecule has 0 radical (unpaired) electrons. The van der Waals surface area contributed by atoms with Gasteiger partial charge in [-0.05, 0) is 43.2 Å². The van der Waals surface area contributed by atoms with Gasteiger partial charge in [-0.1, -0.05) is 30.3 Å². The topological polar surface area (TPSA) is 70.7 Å². The smallest absolute Gasteiger partial charge is 0.277 e. The van der Waals surface area contributed by atoms with Crippen LogP contribution in [-0.4, -0.2) is 37.1 Å². The standard InChI is InChI=1S/C22H27N3O2/c1-4-23-22(26)15(2)24-13-19(16-9-11-17(27-3)12-10-16)20-14-25-21-8-6-5-7-18(20)21/h5-12,14-15,19,24-25H,4,13H2,1-3H3,(H,23,26)/p+1/t15-,19-/m0/s1. The lowest BCUT2D eigenvalue weighted by atomic mass is 9.90. The second-order valence-corrected chi connectivity index (χ2v) is 6.77. The molecule has 2 aromatic carbocycles. The first kappa shape index (κ1) is 19.0. The molecular formula is C22H28N3O2+. The summed E-state index contributed by atoms with van der Waals surface area (Å²) >= 11 is 0. The molecule has 27 heavy (non-hydrogen) atoms. The zero-order valence-corrected chi connectivity index (χ0v) is 16.2. The van der Waals surface area contributed by atoms with Crippen LogP contribution < -0.4 is 15.4 Å². The number of carbonyl (C=O) groups is 1. The third kappa shape index (κ3) is 4.31. The number of H-pyrrole nitrogens is 1. The number of hydrogen-bond donors (Lipinski definition) is 3. The first-order valence-electron chi connectivity index (χ1n) is 9.45. The Hall–Kier alpha value is -2.79. The molecule has 0 fully saturated rings. The lowest BCUT2D eigenvalue weighted by Gasteiger charge is -2.19. The van der Waals surface area contributed by atoms with E-state index in [0.717, 1.165) is 17.8 Å². The number of nitrogens with one attached hydrogen (secondary N) is 2. The lowest BCUT2D eigenvalue weighted by molar-refractivity contribution is -0.674. The third-order valence-corrected chi connectivity index (χ3v) is 5.00. The van der Waals surface area contributed by atoms with Crippen molar-refractivity contribution >= 4 is 16.8 Å². The van der Waals surface area contributed by atoms with Gasteiger partial charge in [0.05, 0.1) is 19.6 Å². The van der Waals surface area contributed by atoms with Crippen molar-refractivity contribution in [2.45, 2.75) is 25.8 Å². The Morgan fingerprint density at radius 2 is 1.93 bits per heavy atom. The third-order valence-electron chi connectivity index (χ3n) is 5.00. The summed E-state index contributed by atoms with van der Waals surface area (Å²) < 4.78 is 5.30. The maximum atomic E-state index is 12.1. The zero-order valence-electron chi connectivity index (χ0n) is 16.2. The highest BCUT2D eigenvalue weighted by molar-refractivity contribution is 5.84. The molecule has 0 spiro atoms. The Kier molecular flexibility index (Phi) is 6.14. The number of ether oxygens (including phenoxy) is 1. The number of fused-ring (bicyclic) bond motifs is 1. The minimum absolute atomic E-state index is 0.0740. The van der Waals surface area contributed by atoms with E-state index in [1.54, 1.807) is 7.11 Å². The van der Waals surface area contributed by atoms with E-state index in [4.69, 9.17) is 4.74 Å². The predicted octanol–water partition coefficient (Wildman–Crippen LogP) is 2.40. The van der Waals surface area contributed by atoms with Gasteiger partial charge in [0, 0.05) is 23.6 Å². The van der Waals surface area contributed by atoms with Crippen LogP contribution in [0.5, 0.6) is 5.75 Å². The predicted molar refractivity (Wildman–Crippen MR) is 108 cm³/mol. The maximum absolute atomic E-state index is 12.1. The monoisotopic (exact) mass is 366 g/mol. The quantitative estimate of drug-likeness (QED) is 0.573. The van der Waals surface area contributed by atoms with Gasteiger partial charge in [0.25, 0.3) is 5.91 Å². The number of amides is 1. The number of methoxy groups -OCH3 is 1. The van der Waals surface area contributed by atoms with Gasteiger partial charge in [0.15, 0.2) is 6.04 Å². The van der Waals surface area contributed by atoms with Crippen LogP contribution in [0, 0.1) is 0 Å². The van der Waals surface area contributed by atoms with Crippen molar-refractivity contribution < 1.29 is 14.8 Å². The molecule has 142 valence electrons. The van der Waals surface area contributed by atoms with Crippen LogP contribution in [0.3, 0.4) is 0 Å². The molecule has 2 atom stereocenters. The molecule has 0 aliphatic heterocycles. The van der Waals surface area contributed by atoms with Crippen molar-refractivity contribution in [1.82, 2.24) is 10.3 Å². The fraction of sp³-hybridized carbons (Fsp3) is 0.318. The number of benzene rings is 2. The molecule has 5 nitrogen and oxygen atoms in total. The summed E-state index contributed by atoms with van der Waals surface area (Å²) in [5, 5.41) is 6.23. The number of nitrogens with two attached hydrogens (primary N) is 1. The fourth-order valence-corrected chi connectivity index (χ4v) is 3.44. The highest BCUT2D eigenvalue weighted by Gasteiger charge is 2.23. The van der Waals surface area contributed by atoms with E-state index >= 15 is 0 Å². The number of para-hydroxylation sites is 1. The van der Waals surface area contributed by atoms with Gasteiger partial charge in [0.1, 0.15) is 5.75 Å². The van der Waals surface area contributed by atoms with Gasteiger partial charge in [-0.2, -0.15) is 0 Å². The van der Waals surface area contributed by atoms with Gasteiger partial charge in [-0.15, -0.1) is 0 Å². The molecule has 1 aromatic heterocycles. The van der Waals surface area contributed by atoms with Crippen LogP contribution >= 0.6 is 0 Å². The first-order valence-corrected chi connectivity index (χ1v) is 9.45. The normalized spacial score (nSPS) is 13.3. The van der Waals surface area contributed by atoms with Crippen molar-refractivity contribution in [2.24, 2.45) is 0 Å². The number of aromatic nitrogens is 1. The molecule has 1 heterocycles. The Bertz CT molecular complexity index is 886. The van der Waals surface area contributed by atoms with E-state index in [0.29, 0.717) is 6.54 Å². The van der Waals surface area contributed by atoms with Gasteiger partial charge in [-0.3, -0.25) is 4.79 Å². The zero-order chi connectivity index (χ0) is 19.2. The van der Waals surface area contributed by atoms with Crippen LogP contribution in [0.4, 0.5) is 0 Å². The summed E-state index contributed by atoms with van der Waals surface area (Å²) in [5.74, 6) is 1.09. The highest BCUT2D eigenvalue weighted by atomic mass is 16.5. The van der Waals surface area contributed by atoms with E-state index in [9.17, 15) is 4.79 Å². The highest BCUT2D eigenvalue weighted by Crippen LogP contribution is 2.30. The van der Waals surface area contributed by atoms with E-state index in [-0.39, 0.29) is 17.9 Å². The summed E-state index contributed by atoms with van der Waals surface area (Å²) in [6.07, 6.45) is 2.09. The number of hydrogen-bond acceptors (Lipinski definition) is 2. The van der Waals surface area contributed by atoms with Crippen molar-refractivity contribution in [2.75, 3.05) is 20.2 Å². The minimum Gasteiger partial charge on any atom is -0.497 e. The first-order chi connectivity index (χ1) is 13.1. The summed E-state index contributed by atoms with van der Waals surface area (Å²) in [6.45, 7) is 5.33. The van der Waals surface area contributed by atoms with Crippen molar-refractivity contribution in [3.8, 4) is 5.75 Å². The van der Waals surface area contributed by atoms with Crippen LogP contribution in [-0.2, 0) is 4.79 Å². The largest absolute Gasteiger partial charge is 0.497 e. The van der Waals surface area contributed by atoms with Crippen LogP contribution in [0.25, 0.3) is 10.9 Å². The number of likely N-dealkylation sites (N-methyl/N-ethyl adjacent to an activating group) is 1. The Balaban J connectivity index is 1.90. The minimum atomic E-state index is -0.129. The van der Waals surface area contributed by atoms with E-state index < -0.39 is 0 Å². The molecule has 3 aromatic rings. The fourth-order valence-electron chi connectivity index (χ4n) is 3.44. The average molecular weight is 366 g/mol. The van der Waals surface area contributed by atoms with Gasteiger partial charge in [0.2, 0.25) is 0 Å². The Morgan fingerprint density at radius 1 is 1.19 bits per heavy atom. The number of quaternary nitrogens is 1. The number of rotatable bonds is 8. The SMILES string of the molecule is CCNC(=O)[C@H](C)[NH2+]C[C@@H](c1ccc(OC)cc1)c1c[nH]c2ccccc12. The molecule has 0 saturated carbocycles.